The second kappa shape index (κ2) is 5.82. The molecule has 5 heteroatoms. The van der Waals surface area contributed by atoms with Gasteiger partial charge in [-0.3, -0.25) is 0 Å². The van der Waals surface area contributed by atoms with Crippen LogP contribution in [0.3, 0.4) is 0 Å². The lowest BCUT2D eigenvalue weighted by atomic mass is 9.94. The van der Waals surface area contributed by atoms with Crippen molar-refractivity contribution in [2.45, 2.75) is 33.6 Å². The molecule has 2 N–H and O–H groups in total. The molecule has 4 nitrogen and oxygen atoms in total. The summed E-state index contributed by atoms with van der Waals surface area (Å²) in [6.45, 7) is 7.18. The maximum absolute atomic E-state index is 11.8. The summed E-state index contributed by atoms with van der Waals surface area (Å²) in [5.41, 5.74) is 5.40. The number of nitrogens with two attached hydrogens (primary N) is 1. The average Bonchev–Trinajstić information content (AvgIpc) is 2.10. The molecule has 0 aromatic heterocycles. The van der Waals surface area contributed by atoms with Crippen LogP contribution in [0.2, 0.25) is 0 Å². The first kappa shape index (κ1) is 14.9. The van der Waals surface area contributed by atoms with Crippen LogP contribution in [-0.4, -0.2) is 38.6 Å². The van der Waals surface area contributed by atoms with Gasteiger partial charge in [0.25, 0.3) is 0 Å². The Labute approximate surface area is 93.9 Å². The summed E-state index contributed by atoms with van der Waals surface area (Å²) >= 11 is 0. The van der Waals surface area contributed by atoms with E-state index in [9.17, 15) is 8.42 Å². The van der Waals surface area contributed by atoms with Gasteiger partial charge in [0, 0.05) is 13.6 Å². The third kappa shape index (κ3) is 6.87. The monoisotopic (exact) mass is 236 g/mol. The van der Waals surface area contributed by atoms with Crippen LogP contribution < -0.4 is 5.73 Å². The fourth-order valence-electron chi connectivity index (χ4n) is 1.04. The van der Waals surface area contributed by atoms with Crippen molar-refractivity contribution in [2.24, 2.45) is 11.1 Å². The van der Waals surface area contributed by atoms with Crippen molar-refractivity contribution in [3.8, 4) is 0 Å². The molecule has 0 aliphatic rings. The summed E-state index contributed by atoms with van der Waals surface area (Å²) in [6, 6.07) is 0. The van der Waals surface area contributed by atoms with Crippen LogP contribution in [0.25, 0.3) is 0 Å². The molecule has 15 heavy (non-hydrogen) atoms. The van der Waals surface area contributed by atoms with Crippen LogP contribution in [0.15, 0.2) is 0 Å². The van der Waals surface area contributed by atoms with E-state index < -0.39 is 10.0 Å². The van der Waals surface area contributed by atoms with E-state index in [2.05, 4.69) is 0 Å². The van der Waals surface area contributed by atoms with Crippen molar-refractivity contribution in [1.29, 1.82) is 0 Å². The maximum atomic E-state index is 11.8. The number of rotatable bonds is 6. The van der Waals surface area contributed by atoms with Gasteiger partial charge in [0.05, 0.1) is 5.75 Å². The molecular weight excluding hydrogens is 212 g/mol. The van der Waals surface area contributed by atoms with E-state index in [-0.39, 0.29) is 11.2 Å². The van der Waals surface area contributed by atoms with E-state index in [1.807, 2.05) is 20.8 Å². The first-order chi connectivity index (χ1) is 6.69. The smallest absolute Gasteiger partial charge is 0.213 e. The zero-order chi connectivity index (χ0) is 12.1. The molecule has 0 spiro atoms. The summed E-state index contributed by atoms with van der Waals surface area (Å²) in [7, 11) is -1.47. The van der Waals surface area contributed by atoms with Gasteiger partial charge in [-0.1, -0.05) is 20.8 Å². The van der Waals surface area contributed by atoms with Crippen molar-refractivity contribution < 1.29 is 8.42 Å². The fraction of sp³-hybridized carbons (Fsp3) is 1.00. The van der Waals surface area contributed by atoms with Crippen molar-refractivity contribution in [1.82, 2.24) is 4.31 Å². The standard InChI is InChI=1S/C10H24N2O2S/c1-10(2,3)6-9-15(13,14)12(4)8-5-7-11/h5-9,11H2,1-4H3. The molecule has 0 aliphatic carbocycles. The van der Waals surface area contributed by atoms with E-state index >= 15 is 0 Å². The lowest BCUT2D eigenvalue weighted by molar-refractivity contribution is 0.388. The van der Waals surface area contributed by atoms with Crippen molar-refractivity contribution in [2.75, 3.05) is 25.9 Å². The molecule has 0 saturated heterocycles. The van der Waals surface area contributed by atoms with Crippen LogP contribution in [0, 0.1) is 5.41 Å². The highest BCUT2D eigenvalue weighted by Gasteiger charge is 2.20. The molecular formula is C10H24N2O2S. The highest BCUT2D eigenvalue weighted by molar-refractivity contribution is 7.89. The van der Waals surface area contributed by atoms with Gasteiger partial charge in [-0.05, 0) is 24.8 Å². The Balaban J connectivity index is 4.18. The topological polar surface area (TPSA) is 63.4 Å². The molecule has 0 atom stereocenters. The van der Waals surface area contributed by atoms with Gasteiger partial charge in [0.15, 0.2) is 0 Å². The van der Waals surface area contributed by atoms with Crippen LogP contribution in [0.1, 0.15) is 33.6 Å². The van der Waals surface area contributed by atoms with Crippen LogP contribution in [0.4, 0.5) is 0 Å². The maximum Gasteiger partial charge on any atom is 0.213 e. The molecule has 0 fully saturated rings. The van der Waals surface area contributed by atoms with Gasteiger partial charge in [0.1, 0.15) is 0 Å². The Morgan fingerprint density at radius 3 is 2.20 bits per heavy atom. The van der Waals surface area contributed by atoms with E-state index in [0.717, 1.165) is 0 Å². The SMILES string of the molecule is CN(CCCN)S(=O)(=O)CCC(C)(C)C. The zero-order valence-corrected chi connectivity index (χ0v) is 11.1. The minimum absolute atomic E-state index is 0.0573. The van der Waals surface area contributed by atoms with Gasteiger partial charge in [-0.15, -0.1) is 0 Å². The molecule has 92 valence electrons. The molecule has 0 saturated carbocycles. The number of hydrogen-bond donors (Lipinski definition) is 1. The molecule has 0 aromatic carbocycles. The van der Waals surface area contributed by atoms with E-state index in [1.165, 1.54) is 4.31 Å². The Kier molecular flexibility index (Phi) is 5.77. The van der Waals surface area contributed by atoms with E-state index in [0.29, 0.717) is 25.9 Å². The van der Waals surface area contributed by atoms with E-state index in [4.69, 9.17) is 5.73 Å². The van der Waals surface area contributed by atoms with Gasteiger partial charge in [-0.2, -0.15) is 0 Å². The second-order valence-electron chi connectivity index (χ2n) is 5.09. The molecule has 0 radical (unpaired) electrons. The van der Waals surface area contributed by atoms with E-state index in [1.54, 1.807) is 7.05 Å². The number of hydrogen-bond acceptors (Lipinski definition) is 3. The normalized spacial score (nSPS) is 13.5. The third-order valence-corrected chi connectivity index (χ3v) is 4.11. The lowest BCUT2D eigenvalue weighted by Crippen LogP contribution is -2.32. The molecule has 0 unspecified atom stereocenters. The Morgan fingerprint density at radius 2 is 1.80 bits per heavy atom. The van der Waals surface area contributed by atoms with Crippen LogP contribution in [-0.2, 0) is 10.0 Å². The minimum atomic E-state index is -3.09. The molecule has 0 aromatic rings. The van der Waals surface area contributed by atoms with Gasteiger partial charge in [0.2, 0.25) is 10.0 Å². The molecule has 0 heterocycles. The Bertz CT molecular complexity index is 268. The molecule has 0 rings (SSSR count). The predicted molar refractivity (Wildman–Crippen MR) is 64.2 cm³/mol. The number of sulfonamides is 1. The predicted octanol–water partition coefficient (Wildman–Crippen LogP) is 1.03. The summed E-state index contributed by atoms with van der Waals surface area (Å²) < 4.78 is 24.9. The van der Waals surface area contributed by atoms with Crippen LogP contribution >= 0.6 is 0 Å². The first-order valence-electron chi connectivity index (χ1n) is 5.33. The van der Waals surface area contributed by atoms with Crippen molar-refractivity contribution in [3.05, 3.63) is 0 Å². The first-order valence-corrected chi connectivity index (χ1v) is 6.94. The third-order valence-electron chi connectivity index (χ3n) is 2.26. The zero-order valence-electron chi connectivity index (χ0n) is 10.3. The van der Waals surface area contributed by atoms with Gasteiger partial charge < -0.3 is 5.73 Å². The van der Waals surface area contributed by atoms with Crippen LogP contribution in [0.5, 0.6) is 0 Å². The lowest BCUT2D eigenvalue weighted by Gasteiger charge is -2.21. The highest BCUT2D eigenvalue weighted by Crippen LogP contribution is 2.20. The largest absolute Gasteiger partial charge is 0.330 e. The van der Waals surface area contributed by atoms with Crippen molar-refractivity contribution in [3.63, 3.8) is 0 Å². The summed E-state index contributed by atoms with van der Waals surface area (Å²) in [4.78, 5) is 0. The van der Waals surface area contributed by atoms with Crippen molar-refractivity contribution >= 4 is 10.0 Å². The average molecular weight is 236 g/mol. The Hall–Kier alpha value is -0.130. The molecule has 0 aliphatic heterocycles. The molecule has 0 bridgehead atoms. The van der Waals surface area contributed by atoms with Gasteiger partial charge >= 0.3 is 0 Å². The molecule has 0 amide bonds. The van der Waals surface area contributed by atoms with Gasteiger partial charge in [-0.25, -0.2) is 12.7 Å². The summed E-state index contributed by atoms with van der Waals surface area (Å²) in [6.07, 6.45) is 1.40. The number of nitrogens with zero attached hydrogens (tertiary/aromatic N) is 1. The minimum Gasteiger partial charge on any atom is -0.330 e. The summed E-state index contributed by atoms with van der Waals surface area (Å²) in [5, 5.41) is 0. The quantitative estimate of drug-likeness (QED) is 0.749. The summed E-state index contributed by atoms with van der Waals surface area (Å²) in [5.74, 6) is 0.220. The highest BCUT2D eigenvalue weighted by atomic mass is 32.2. The Morgan fingerprint density at radius 1 is 1.27 bits per heavy atom. The fourth-order valence-corrected chi connectivity index (χ4v) is 2.63. The second-order valence-corrected chi connectivity index (χ2v) is 7.29.